The molecule has 1 unspecified atom stereocenters. The molecule has 1 atom stereocenters. The Hall–Kier alpha value is -1.16. The third-order valence-electron chi connectivity index (χ3n) is 2.20. The molecule has 1 aliphatic rings. The lowest BCUT2D eigenvalue weighted by molar-refractivity contribution is 0.0925. The smallest absolute Gasteiger partial charge is 0.184 e. The summed E-state index contributed by atoms with van der Waals surface area (Å²) in [5.74, 6) is 0.322. The number of hydrogen-bond acceptors (Lipinski definition) is 3. The molecule has 0 saturated carbocycles. The minimum Gasteiger partial charge on any atom is -0.316 e. The first-order valence-corrected chi connectivity index (χ1v) is 4.12. The summed E-state index contributed by atoms with van der Waals surface area (Å²) in [6.07, 6.45) is 2.55. The molecule has 0 aliphatic carbocycles. The second kappa shape index (κ2) is 3.06. The van der Waals surface area contributed by atoms with E-state index in [1.54, 1.807) is 12.3 Å². The number of nitrogens with zero attached hydrogens (tertiary/aromatic N) is 1. The summed E-state index contributed by atoms with van der Waals surface area (Å²) < 4.78 is 0. The van der Waals surface area contributed by atoms with Gasteiger partial charge in [-0.15, -0.1) is 0 Å². The highest BCUT2D eigenvalue weighted by molar-refractivity contribution is 5.96. The van der Waals surface area contributed by atoms with Gasteiger partial charge in [0.25, 0.3) is 0 Å². The van der Waals surface area contributed by atoms with Crippen LogP contribution in [0, 0.1) is 5.92 Å². The molecule has 0 bridgehead atoms. The van der Waals surface area contributed by atoms with Crippen molar-refractivity contribution >= 4 is 5.78 Å². The van der Waals surface area contributed by atoms with Crippen LogP contribution < -0.4 is 5.32 Å². The standard InChI is InChI=1S/C8H11N3O/c12-8(6-1-3-9-5-6)7-2-4-10-11-7/h2,4,6,9H,1,3,5H2,(H,10,11). The second-order valence-corrected chi connectivity index (χ2v) is 3.02. The number of aromatic amines is 1. The van der Waals surface area contributed by atoms with Gasteiger partial charge in [-0.25, -0.2) is 0 Å². The van der Waals surface area contributed by atoms with Crippen molar-refractivity contribution < 1.29 is 4.79 Å². The third kappa shape index (κ3) is 1.25. The van der Waals surface area contributed by atoms with Crippen LogP contribution in [0.3, 0.4) is 0 Å². The van der Waals surface area contributed by atoms with Crippen molar-refractivity contribution in [2.24, 2.45) is 5.92 Å². The fourth-order valence-electron chi connectivity index (χ4n) is 1.49. The van der Waals surface area contributed by atoms with E-state index < -0.39 is 0 Å². The summed E-state index contributed by atoms with van der Waals surface area (Å²) in [4.78, 5) is 11.6. The molecule has 1 fully saturated rings. The maximum absolute atomic E-state index is 11.6. The first-order valence-electron chi connectivity index (χ1n) is 4.12. The summed E-state index contributed by atoms with van der Waals surface area (Å²) >= 11 is 0. The quantitative estimate of drug-likeness (QED) is 0.615. The lowest BCUT2D eigenvalue weighted by atomic mass is 10.0. The van der Waals surface area contributed by atoms with Gasteiger partial charge in [0.15, 0.2) is 5.78 Å². The average molecular weight is 165 g/mol. The zero-order valence-corrected chi connectivity index (χ0v) is 6.71. The molecule has 1 saturated heterocycles. The fraction of sp³-hybridized carbons (Fsp3) is 0.500. The number of H-pyrrole nitrogens is 1. The van der Waals surface area contributed by atoms with E-state index in [-0.39, 0.29) is 11.7 Å². The Bertz CT molecular complexity index is 262. The molecular weight excluding hydrogens is 154 g/mol. The molecule has 12 heavy (non-hydrogen) atoms. The number of carbonyl (C=O) groups is 1. The van der Waals surface area contributed by atoms with Gasteiger partial charge in [0, 0.05) is 18.7 Å². The molecule has 2 rings (SSSR count). The van der Waals surface area contributed by atoms with Crippen molar-refractivity contribution in [1.29, 1.82) is 0 Å². The van der Waals surface area contributed by atoms with Gasteiger partial charge >= 0.3 is 0 Å². The number of rotatable bonds is 2. The van der Waals surface area contributed by atoms with Crippen molar-refractivity contribution in [3.63, 3.8) is 0 Å². The zero-order valence-electron chi connectivity index (χ0n) is 6.71. The van der Waals surface area contributed by atoms with Crippen molar-refractivity contribution in [3.05, 3.63) is 18.0 Å². The van der Waals surface area contributed by atoms with Gasteiger partial charge in [0.05, 0.1) is 0 Å². The summed E-state index contributed by atoms with van der Waals surface area (Å²) in [6, 6.07) is 1.72. The molecule has 2 N–H and O–H groups in total. The number of carbonyl (C=O) groups excluding carboxylic acids is 1. The van der Waals surface area contributed by atoms with Gasteiger partial charge in [-0.2, -0.15) is 5.10 Å². The molecule has 0 amide bonds. The van der Waals surface area contributed by atoms with E-state index in [9.17, 15) is 4.79 Å². The average Bonchev–Trinajstić information content (AvgIpc) is 2.77. The SMILES string of the molecule is O=C(c1ccn[nH]1)C1CCNC1. The Labute approximate surface area is 70.4 Å². The Morgan fingerprint density at radius 1 is 1.67 bits per heavy atom. The van der Waals surface area contributed by atoms with Crippen LogP contribution in [-0.2, 0) is 0 Å². The Balaban J connectivity index is 2.09. The normalized spacial score (nSPS) is 22.8. The van der Waals surface area contributed by atoms with Crippen molar-refractivity contribution in [3.8, 4) is 0 Å². The summed E-state index contributed by atoms with van der Waals surface area (Å²) in [5.41, 5.74) is 0.628. The molecule has 1 aliphatic heterocycles. The van der Waals surface area contributed by atoms with E-state index in [1.165, 1.54) is 0 Å². The summed E-state index contributed by atoms with van der Waals surface area (Å²) in [6.45, 7) is 1.75. The van der Waals surface area contributed by atoms with Gasteiger partial charge in [-0.05, 0) is 19.0 Å². The molecule has 4 heteroatoms. The highest BCUT2D eigenvalue weighted by atomic mass is 16.1. The molecule has 0 spiro atoms. The number of aromatic nitrogens is 2. The van der Waals surface area contributed by atoms with Gasteiger partial charge in [0.1, 0.15) is 5.69 Å². The number of nitrogens with one attached hydrogen (secondary N) is 2. The van der Waals surface area contributed by atoms with Crippen LogP contribution in [0.4, 0.5) is 0 Å². The van der Waals surface area contributed by atoms with Gasteiger partial charge in [-0.1, -0.05) is 0 Å². The van der Waals surface area contributed by atoms with Crippen molar-refractivity contribution in [2.75, 3.05) is 13.1 Å². The first-order chi connectivity index (χ1) is 5.88. The van der Waals surface area contributed by atoms with Crippen LogP contribution in [0.15, 0.2) is 12.3 Å². The van der Waals surface area contributed by atoms with Crippen LogP contribution in [0.25, 0.3) is 0 Å². The van der Waals surface area contributed by atoms with Crippen LogP contribution in [0.2, 0.25) is 0 Å². The first kappa shape index (κ1) is 7.49. The summed E-state index contributed by atoms with van der Waals surface area (Å²) in [7, 11) is 0. The van der Waals surface area contributed by atoms with Crippen molar-refractivity contribution in [1.82, 2.24) is 15.5 Å². The van der Waals surface area contributed by atoms with Gasteiger partial charge in [-0.3, -0.25) is 9.89 Å². The Kier molecular flexibility index (Phi) is 1.91. The molecule has 64 valence electrons. The van der Waals surface area contributed by atoms with E-state index in [2.05, 4.69) is 15.5 Å². The highest BCUT2D eigenvalue weighted by Crippen LogP contribution is 2.12. The van der Waals surface area contributed by atoms with E-state index in [0.29, 0.717) is 5.69 Å². The largest absolute Gasteiger partial charge is 0.316 e. The van der Waals surface area contributed by atoms with Crippen LogP contribution in [0.1, 0.15) is 16.9 Å². The third-order valence-corrected chi connectivity index (χ3v) is 2.20. The van der Waals surface area contributed by atoms with Crippen molar-refractivity contribution in [2.45, 2.75) is 6.42 Å². The van der Waals surface area contributed by atoms with Crippen LogP contribution >= 0.6 is 0 Å². The molecule has 0 radical (unpaired) electrons. The Morgan fingerprint density at radius 2 is 2.58 bits per heavy atom. The topological polar surface area (TPSA) is 57.8 Å². The minimum absolute atomic E-state index is 0.144. The van der Waals surface area contributed by atoms with E-state index >= 15 is 0 Å². The molecule has 0 aromatic carbocycles. The molecular formula is C8H11N3O. The zero-order chi connectivity index (χ0) is 8.39. The minimum atomic E-state index is 0.144. The highest BCUT2D eigenvalue weighted by Gasteiger charge is 2.23. The van der Waals surface area contributed by atoms with E-state index in [1.807, 2.05) is 0 Å². The molecule has 4 nitrogen and oxygen atoms in total. The maximum Gasteiger partial charge on any atom is 0.184 e. The van der Waals surface area contributed by atoms with Crippen LogP contribution in [-0.4, -0.2) is 29.1 Å². The Morgan fingerprint density at radius 3 is 3.17 bits per heavy atom. The predicted octanol–water partition coefficient (Wildman–Crippen LogP) is 0.202. The maximum atomic E-state index is 11.6. The van der Waals surface area contributed by atoms with Gasteiger partial charge < -0.3 is 5.32 Å². The number of Topliss-reactive ketones (excluding diaryl/α,β-unsaturated/α-hetero) is 1. The number of ketones is 1. The molecule has 2 heterocycles. The monoisotopic (exact) mass is 165 g/mol. The van der Waals surface area contributed by atoms with Crippen LogP contribution in [0.5, 0.6) is 0 Å². The molecule has 1 aromatic heterocycles. The summed E-state index contributed by atoms with van der Waals surface area (Å²) in [5, 5.41) is 9.59. The number of hydrogen-bond donors (Lipinski definition) is 2. The van der Waals surface area contributed by atoms with Gasteiger partial charge in [0.2, 0.25) is 0 Å². The lowest BCUT2D eigenvalue weighted by Gasteiger charge is -2.03. The fourth-order valence-corrected chi connectivity index (χ4v) is 1.49. The predicted molar refractivity (Wildman–Crippen MR) is 43.9 cm³/mol. The second-order valence-electron chi connectivity index (χ2n) is 3.02. The molecule has 1 aromatic rings. The lowest BCUT2D eigenvalue weighted by Crippen LogP contribution is -2.18. The van der Waals surface area contributed by atoms with E-state index in [4.69, 9.17) is 0 Å². The van der Waals surface area contributed by atoms with E-state index in [0.717, 1.165) is 19.5 Å².